The molecule has 4 aliphatic rings. The van der Waals surface area contributed by atoms with Crippen molar-refractivity contribution in [2.45, 2.75) is 59.0 Å². The van der Waals surface area contributed by atoms with Crippen molar-refractivity contribution < 1.29 is 24.2 Å². The topological polar surface area (TPSA) is 80.7 Å². The van der Waals surface area contributed by atoms with Crippen LogP contribution in [0.5, 0.6) is 0 Å². The second kappa shape index (κ2) is 6.49. The van der Waals surface area contributed by atoms with E-state index >= 15 is 0 Å². The molecule has 2 saturated carbocycles. The molecule has 0 amide bonds. The minimum atomic E-state index is -1.26. The van der Waals surface area contributed by atoms with Crippen LogP contribution in [0, 0.1) is 28.6 Å². The summed E-state index contributed by atoms with van der Waals surface area (Å²) in [5, 5.41) is 9.67. The van der Waals surface area contributed by atoms with Crippen LogP contribution in [0.25, 0.3) is 0 Å². The minimum Gasteiger partial charge on any atom is -0.451 e. The number of Topliss-reactive ketones (excluding diaryl/α,β-unsaturated/α-hetero) is 1. The van der Waals surface area contributed by atoms with Gasteiger partial charge in [-0.15, -0.1) is 0 Å². The van der Waals surface area contributed by atoms with Crippen molar-refractivity contribution in [2.24, 2.45) is 28.6 Å². The molecule has 0 aromatic rings. The van der Waals surface area contributed by atoms with Gasteiger partial charge in [0.2, 0.25) is 5.78 Å². The number of rotatable bonds is 3. The summed E-state index contributed by atoms with van der Waals surface area (Å²) in [6.45, 7) is 7.12. The van der Waals surface area contributed by atoms with Crippen LogP contribution in [0.2, 0.25) is 0 Å². The van der Waals surface area contributed by atoms with Gasteiger partial charge in [-0.25, -0.2) is 0 Å². The Morgan fingerprint density at radius 1 is 1.28 bits per heavy atom. The third-order valence-electron chi connectivity index (χ3n) is 8.31. The van der Waals surface area contributed by atoms with Gasteiger partial charge in [0.15, 0.2) is 11.4 Å². The van der Waals surface area contributed by atoms with Crippen LogP contribution in [0.15, 0.2) is 35.5 Å². The zero-order valence-corrected chi connectivity index (χ0v) is 17.7. The largest absolute Gasteiger partial charge is 0.451 e. The third kappa shape index (κ3) is 2.59. The van der Waals surface area contributed by atoms with Crippen LogP contribution >= 0.6 is 0 Å². The molecule has 29 heavy (non-hydrogen) atoms. The molecule has 0 aromatic carbocycles. The second-order valence-electron chi connectivity index (χ2n) is 9.71. The molecule has 2 unspecified atom stereocenters. The molecule has 4 aliphatic carbocycles. The molecule has 156 valence electrons. The van der Waals surface area contributed by atoms with Gasteiger partial charge < -0.3 is 9.84 Å². The number of ether oxygens (including phenoxy) is 1. The lowest BCUT2D eigenvalue weighted by Crippen LogP contribution is -2.57. The molecule has 0 bridgehead atoms. The Bertz CT molecular complexity index is 880. The van der Waals surface area contributed by atoms with Crippen molar-refractivity contribution in [1.82, 2.24) is 0 Å². The molecule has 0 heterocycles. The lowest BCUT2D eigenvalue weighted by atomic mass is 9.49. The van der Waals surface area contributed by atoms with Crippen LogP contribution in [0.3, 0.4) is 0 Å². The van der Waals surface area contributed by atoms with E-state index in [0.29, 0.717) is 12.8 Å². The van der Waals surface area contributed by atoms with Gasteiger partial charge in [-0.1, -0.05) is 31.6 Å². The van der Waals surface area contributed by atoms with E-state index in [4.69, 9.17) is 4.74 Å². The number of carbonyl (C=O) groups is 3. The fraction of sp³-hybridized carbons (Fsp3) is 0.625. The Kier molecular flexibility index (Phi) is 4.54. The summed E-state index contributed by atoms with van der Waals surface area (Å²) in [6.07, 6.45) is 10.5. The summed E-state index contributed by atoms with van der Waals surface area (Å²) in [5.41, 5.74) is 0.414. The van der Waals surface area contributed by atoms with E-state index in [1.807, 2.05) is 13.0 Å². The maximum atomic E-state index is 12.9. The van der Waals surface area contributed by atoms with Gasteiger partial charge in [-0.05, 0) is 68.1 Å². The molecular weight excluding hydrogens is 368 g/mol. The van der Waals surface area contributed by atoms with Crippen LogP contribution < -0.4 is 0 Å². The zero-order valence-electron chi connectivity index (χ0n) is 17.7. The van der Waals surface area contributed by atoms with Crippen molar-refractivity contribution in [3.8, 4) is 0 Å². The van der Waals surface area contributed by atoms with E-state index in [1.54, 1.807) is 12.2 Å². The highest BCUT2D eigenvalue weighted by Gasteiger charge is 2.67. The van der Waals surface area contributed by atoms with E-state index in [9.17, 15) is 19.5 Å². The van der Waals surface area contributed by atoms with Crippen molar-refractivity contribution in [2.75, 3.05) is 6.61 Å². The summed E-state index contributed by atoms with van der Waals surface area (Å²) < 4.78 is 5.73. The quantitative estimate of drug-likeness (QED) is 0.583. The highest BCUT2D eigenvalue weighted by atomic mass is 16.6. The normalized spacial score (nSPS) is 42.9. The summed E-state index contributed by atoms with van der Waals surface area (Å²) in [6, 6.07) is 0. The van der Waals surface area contributed by atoms with E-state index in [0.717, 1.165) is 12.8 Å². The molecule has 0 aromatic heterocycles. The Balaban J connectivity index is 1.81. The van der Waals surface area contributed by atoms with Crippen LogP contribution in [-0.2, 0) is 19.1 Å². The Hall–Kier alpha value is -2.01. The van der Waals surface area contributed by atoms with Gasteiger partial charge >= 0.3 is 5.97 Å². The number of ketones is 2. The van der Waals surface area contributed by atoms with Crippen LogP contribution in [0.1, 0.15) is 53.4 Å². The standard InChI is InChI=1S/C24H30O5/c1-14-11-17-18(22(3)8-5-16(27)12-20(14)22)6-9-23(4)19(17)7-10-24(23,21(28)13-25)29-15(2)26/h5-6,8,12,14,17,19,25H,7,9-11,13H2,1-4H3/t14-,17?,19?,22+,23-,24-/m0/s1. The fourth-order valence-electron chi connectivity index (χ4n) is 6.98. The van der Waals surface area contributed by atoms with Crippen molar-refractivity contribution in [3.05, 3.63) is 35.5 Å². The van der Waals surface area contributed by atoms with Crippen molar-refractivity contribution >= 4 is 17.5 Å². The SMILES string of the molecule is CC(=O)O[C@]1(C(=O)CO)CCC2C3C[C@H](C)C4=CC(=O)C=C[C@]4(C)C3=CC[C@@]21C. The smallest absolute Gasteiger partial charge is 0.303 e. The third-order valence-corrected chi connectivity index (χ3v) is 8.31. The number of carbonyl (C=O) groups excluding carboxylic acids is 3. The molecule has 1 N–H and O–H groups in total. The van der Waals surface area contributed by atoms with Crippen molar-refractivity contribution in [3.63, 3.8) is 0 Å². The summed E-state index contributed by atoms with van der Waals surface area (Å²) in [4.78, 5) is 36.8. The molecule has 2 fully saturated rings. The molecule has 4 rings (SSSR count). The number of aliphatic hydroxyl groups is 1. The first kappa shape index (κ1) is 20.3. The molecule has 5 nitrogen and oxygen atoms in total. The Morgan fingerprint density at radius 3 is 2.66 bits per heavy atom. The first-order chi connectivity index (χ1) is 13.6. The first-order valence-electron chi connectivity index (χ1n) is 10.6. The van der Waals surface area contributed by atoms with E-state index in [-0.39, 0.29) is 29.0 Å². The predicted molar refractivity (Wildman–Crippen MR) is 108 cm³/mol. The molecule has 0 aliphatic heterocycles. The number of hydrogen-bond acceptors (Lipinski definition) is 5. The molecule has 5 heteroatoms. The summed E-state index contributed by atoms with van der Waals surface area (Å²) in [5.74, 6) is -0.125. The fourth-order valence-corrected chi connectivity index (χ4v) is 6.98. The number of esters is 1. The average Bonchev–Trinajstić information content (AvgIpc) is 2.95. The molecule has 6 atom stereocenters. The van der Waals surface area contributed by atoms with Gasteiger partial charge in [0.05, 0.1) is 0 Å². The van der Waals surface area contributed by atoms with Crippen LogP contribution in [-0.4, -0.2) is 34.9 Å². The van der Waals surface area contributed by atoms with E-state index in [1.165, 1.54) is 18.1 Å². The number of aliphatic hydroxyl groups excluding tert-OH is 1. The monoisotopic (exact) mass is 398 g/mol. The Labute approximate surface area is 171 Å². The van der Waals surface area contributed by atoms with E-state index in [2.05, 4.69) is 19.9 Å². The minimum absolute atomic E-state index is 0.0484. The van der Waals surface area contributed by atoms with Gasteiger partial charge in [0.25, 0.3) is 0 Å². The van der Waals surface area contributed by atoms with Gasteiger partial charge in [0.1, 0.15) is 6.61 Å². The summed E-state index contributed by atoms with van der Waals surface area (Å²) in [7, 11) is 0. The highest BCUT2D eigenvalue weighted by molar-refractivity contribution is 6.01. The van der Waals surface area contributed by atoms with Gasteiger partial charge in [0, 0.05) is 17.8 Å². The highest BCUT2D eigenvalue weighted by Crippen LogP contribution is 2.66. The second-order valence-corrected chi connectivity index (χ2v) is 9.71. The molecular formula is C24H30O5. The predicted octanol–water partition coefficient (Wildman–Crippen LogP) is 3.32. The van der Waals surface area contributed by atoms with Crippen molar-refractivity contribution in [1.29, 1.82) is 0 Å². The maximum Gasteiger partial charge on any atom is 0.303 e. The van der Waals surface area contributed by atoms with E-state index < -0.39 is 29.4 Å². The van der Waals surface area contributed by atoms with Gasteiger partial charge in [-0.3, -0.25) is 14.4 Å². The van der Waals surface area contributed by atoms with Gasteiger partial charge in [-0.2, -0.15) is 0 Å². The molecule has 0 saturated heterocycles. The number of allylic oxidation sites excluding steroid dienone is 6. The zero-order chi connectivity index (χ0) is 21.2. The molecule has 0 spiro atoms. The average molecular weight is 398 g/mol. The molecule has 0 radical (unpaired) electrons. The summed E-state index contributed by atoms with van der Waals surface area (Å²) >= 11 is 0. The number of hydrogen-bond donors (Lipinski definition) is 1. The maximum absolute atomic E-state index is 12.9. The lowest BCUT2D eigenvalue weighted by molar-refractivity contribution is -0.183. The lowest BCUT2D eigenvalue weighted by Gasteiger charge is -2.55. The Morgan fingerprint density at radius 2 is 2.00 bits per heavy atom. The number of fused-ring (bicyclic) bond motifs is 5. The van der Waals surface area contributed by atoms with Crippen LogP contribution in [0.4, 0.5) is 0 Å². The first-order valence-corrected chi connectivity index (χ1v) is 10.6.